The Morgan fingerprint density at radius 2 is 1.85 bits per heavy atom. The maximum Gasteiger partial charge on any atom is 0.259 e. The minimum Gasteiger partial charge on any atom is -0.490 e. The van der Waals surface area contributed by atoms with E-state index in [-0.39, 0.29) is 12.5 Å². The van der Waals surface area contributed by atoms with E-state index in [1.807, 2.05) is 43.3 Å². The lowest BCUT2D eigenvalue weighted by Crippen LogP contribution is -2.25. The number of benzene rings is 3. The van der Waals surface area contributed by atoms with Gasteiger partial charge in [-0.3, -0.25) is 4.79 Å². The average Bonchev–Trinajstić information content (AvgIpc) is 2.79. The number of hydrazone groups is 1. The number of hydrogen-bond acceptors (Lipinski definition) is 5. The van der Waals surface area contributed by atoms with Crippen molar-refractivity contribution in [2.24, 2.45) is 5.10 Å². The molecule has 0 radical (unpaired) electrons. The number of halogens is 3. The van der Waals surface area contributed by atoms with Crippen LogP contribution in [0.4, 0.5) is 5.69 Å². The van der Waals surface area contributed by atoms with Crippen molar-refractivity contribution in [1.29, 1.82) is 0 Å². The Hall–Kier alpha value is -2.30. The standard InChI is InChI=1S/C24H22BrClIN3O3/c1-2-32-22-12-17(11-21(27)24(22)33-15-16-3-5-18(25)6-4-16)13-29-30-23(31)14-28-20-9-7-19(26)8-10-20/h3-13,28H,2,14-15H2,1H3,(H,30,31)/b29-13-. The molecular formula is C24H22BrClIN3O3. The van der Waals surface area contributed by atoms with E-state index >= 15 is 0 Å². The number of ether oxygens (including phenoxy) is 2. The van der Waals surface area contributed by atoms with E-state index in [1.54, 1.807) is 30.5 Å². The molecule has 0 bridgehead atoms. The largest absolute Gasteiger partial charge is 0.490 e. The lowest BCUT2D eigenvalue weighted by molar-refractivity contribution is -0.119. The fourth-order valence-electron chi connectivity index (χ4n) is 2.77. The highest BCUT2D eigenvalue weighted by atomic mass is 127. The molecule has 3 rings (SSSR count). The average molecular weight is 643 g/mol. The molecule has 0 saturated carbocycles. The van der Waals surface area contributed by atoms with Crippen LogP contribution >= 0.6 is 50.1 Å². The Morgan fingerprint density at radius 1 is 1.12 bits per heavy atom. The van der Waals surface area contributed by atoms with Crippen LogP contribution in [0.5, 0.6) is 11.5 Å². The molecule has 9 heteroatoms. The molecule has 0 aliphatic rings. The maximum absolute atomic E-state index is 12.0. The number of carbonyl (C=O) groups excluding carboxylic acids is 1. The van der Waals surface area contributed by atoms with Gasteiger partial charge in [-0.05, 0) is 89.2 Å². The highest BCUT2D eigenvalue weighted by Crippen LogP contribution is 2.34. The van der Waals surface area contributed by atoms with Crippen LogP contribution in [0.3, 0.4) is 0 Å². The van der Waals surface area contributed by atoms with Gasteiger partial charge in [0.15, 0.2) is 11.5 Å². The normalized spacial score (nSPS) is 10.8. The molecule has 0 saturated heterocycles. The molecule has 0 atom stereocenters. The van der Waals surface area contributed by atoms with Crippen molar-refractivity contribution in [3.8, 4) is 11.5 Å². The molecule has 3 aromatic rings. The van der Waals surface area contributed by atoms with Gasteiger partial charge in [-0.25, -0.2) is 5.43 Å². The van der Waals surface area contributed by atoms with Crippen molar-refractivity contribution in [3.05, 3.63) is 84.9 Å². The molecule has 0 aliphatic carbocycles. The zero-order valence-corrected chi connectivity index (χ0v) is 22.3. The number of hydrogen-bond donors (Lipinski definition) is 2. The van der Waals surface area contributed by atoms with Crippen LogP contribution < -0.4 is 20.2 Å². The molecule has 0 heterocycles. The van der Waals surface area contributed by atoms with Crippen molar-refractivity contribution in [2.75, 3.05) is 18.5 Å². The number of amides is 1. The predicted molar refractivity (Wildman–Crippen MR) is 144 cm³/mol. The highest BCUT2D eigenvalue weighted by molar-refractivity contribution is 14.1. The fraction of sp³-hybridized carbons (Fsp3) is 0.167. The molecule has 6 nitrogen and oxygen atoms in total. The first-order chi connectivity index (χ1) is 15.9. The molecule has 0 unspecified atom stereocenters. The summed E-state index contributed by atoms with van der Waals surface area (Å²) in [4.78, 5) is 12.0. The molecule has 1 amide bonds. The van der Waals surface area contributed by atoms with Crippen molar-refractivity contribution in [1.82, 2.24) is 5.43 Å². The number of nitrogens with one attached hydrogen (secondary N) is 2. The Balaban J connectivity index is 1.60. The van der Waals surface area contributed by atoms with Crippen LogP contribution in [-0.2, 0) is 11.4 Å². The molecule has 0 spiro atoms. The van der Waals surface area contributed by atoms with Gasteiger partial charge in [0.05, 0.1) is 22.9 Å². The second-order valence-corrected chi connectivity index (χ2v) is 9.35. The van der Waals surface area contributed by atoms with Crippen LogP contribution in [0.25, 0.3) is 0 Å². The molecule has 0 aliphatic heterocycles. The van der Waals surface area contributed by atoms with Gasteiger partial charge in [-0.1, -0.05) is 39.7 Å². The minimum absolute atomic E-state index is 0.0868. The van der Waals surface area contributed by atoms with Gasteiger partial charge in [0, 0.05) is 15.2 Å². The summed E-state index contributed by atoms with van der Waals surface area (Å²) in [6, 6.07) is 18.8. The fourth-order valence-corrected chi connectivity index (χ4v) is 3.94. The lowest BCUT2D eigenvalue weighted by Gasteiger charge is -2.15. The Morgan fingerprint density at radius 3 is 2.55 bits per heavy atom. The third-order valence-corrected chi connectivity index (χ3v) is 5.91. The summed E-state index contributed by atoms with van der Waals surface area (Å²) in [5.41, 5.74) is 5.15. The van der Waals surface area contributed by atoms with Crippen molar-refractivity contribution in [3.63, 3.8) is 0 Å². The first-order valence-electron chi connectivity index (χ1n) is 10.1. The number of rotatable bonds is 10. The van der Waals surface area contributed by atoms with Gasteiger partial charge >= 0.3 is 0 Å². The van der Waals surface area contributed by atoms with E-state index in [1.165, 1.54) is 0 Å². The first-order valence-corrected chi connectivity index (χ1v) is 12.3. The van der Waals surface area contributed by atoms with Gasteiger partial charge in [-0.2, -0.15) is 5.10 Å². The third kappa shape index (κ3) is 8.21. The summed E-state index contributed by atoms with van der Waals surface area (Å²) in [6.07, 6.45) is 1.57. The smallest absolute Gasteiger partial charge is 0.259 e. The number of carbonyl (C=O) groups is 1. The predicted octanol–water partition coefficient (Wildman–Crippen LogP) is 6.25. The van der Waals surface area contributed by atoms with E-state index in [0.717, 1.165) is 24.9 Å². The monoisotopic (exact) mass is 641 g/mol. The molecule has 0 fully saturated rings. The molecule has 2 N–H and O–H groups in total. The van der Waals surface area contributed by atoms with Gasteiger partial charge in [-0.15, -0.1) is 0 Å². The Bertz CT molecular complexity index is 1110. The zero-order valence-electron chi connectivity index (χ0n) is 17.8. The van der Waals surface area contributed by atoms with Gasteiger partial charge in [0.2, 0.25) is 0 Å². The minimum atomic E-state index is -0.268. The summed E-state index contributed by atoms with van der Waals surface area (Å²) >= 11 is 11.5. The van der Waals surface area contributed by atoms with Crippen molar-refractivity contribution < 1.29 is 14.3 Å². The summed E-state index contributed by atoms with van der Waals surface area (Å²) in [6.45, 7) is 2.93. The second-order valence-electron chi connectivity index (χ2n) is 6.83. The molecular weight excluding hydrogens is 621 g/mol. The topological polar surface area (TPSA) is 72.0 Å². The SMILES string of the molecule is CCOc1cc(/C=N\NC(=O)CNc2ccc(Cl)cc2)cc(I)c1OCc1ccc(Br)cc1. The van der Waals surface area contributed by atoms with Crippen LogP contribution in [0.1, 0.15) is 18.1 Å². The van der Waals surface area contributed by atoms with Crippen LogP contribution in [0, 0.1) is 3.57 Å². The van der Waals surface area contributed by atoms with Crippen LogP contribution in [0.2, 0.25) is 5.02 Å². The molecule has 0 aromatic heterocycles. The lowest BCUT2D eigenvalue weighted by atomic mass is 10.2. The second kappa shape index (κ2) is 12.8. The van der Waals surface area contributed by atoms with Crippen molar-refractivity contribution >= 4 is 67.9 Å². The molecule has 172 valence electrons. The first kappa shape index (κ1) is 25.3. The van der Waals surface area contributed by atoms with E-state index < -0.39 is 0 Å². The maximum atomic E-state index is 12.0. The van der Waals surface area contributed by atoms with Gasteiger partial charge in [0.1, 0.15) is 6.61 Å². The van der Waals surface area contributed by atoms with Crippen molar-refractivity contribution in [2.45, 2.75) is 13.5 Å². The molecule has 33 heavy (non-hydrogen) atoms. The highest BCUT2D eigenvalue weighted by Gasteiger charge is 2.12. The third-order valence-electron chi connectivity index (χ3n) is 4.33. The van der Waals surface area contributed by atoms with E-state index in [4.69, 9.17) is 21.1 Å². The number of nitrogens with zero attached hydrogens (tertiary/aromatic N) is 1. The van der Waals surface area contributed by atoms with Gasteiger partial charge in [0.25, 0.3) is 5.91 Å². The summed E-state index contributed by atoms with van der Waals surface area (Å²) in [5.74, 6) is 1.03. The quantitative estimate of drug-likeness (QED) is 0.156. The van der Waals surface area contributed by atoms with Crippen LogP contribution in [-0.4, -0.2) is 25.3 Å². The summed E-state index contributed by atoms with van der Waals surface area (Å²) < 4.78 is 13.7. The van der Waals surface area contributed by atoms with E-state index in [0.29, 0.717) is 29.7 Å². The molecule has 3 aromatic carbocycles. The number of anilines is 1. The van der Waals surface area contributed by atoms with Gasteiger partial charge < -0.3 is 14.8 Å². The summed E-state index contributed by atoms with van der Waals surface area (Å²) in [7, 11) is 0. The van der Waals surface area contributed by atoms with Crippen LogP contribution in [0.15, 0.2) is 70.2 Å². The van der Waals surface area contributed by atoms with E-state index in [2.05, 4.69) is 54.4 Å². The Kier molecular flexibility index (Phi) is 9.83. The zero-order chi connectivity index (χ0) is 23.6. The van der Waals surface area contributed by atoms with E-state index in [9.17, 15) is 4.79 Å². The Labute approximate surface area is 220 Å². The summed E-state index contributed by atoms with van der Waals surface area (Å²) in [5, 5.41) is 7.70.